The first-order valence-electron chi connectivity index (χ1n) is 11.1. The summed E-state index contributed by atoms with van der Waals surface area (Å²) in [6.07, 6.45) is 0. The molecular formula is C23H43IN6. The van der Waals surface area contributed by atoms with Crippen LogP contribution in [-0.4, -0.2) is 88.3 Å². The van der Waals surface area contributed by atoms with Crippen molar-refractivity contribution in [3.05, 3.63) is 29.8 Å². The summed E-state index contributed by atoms with van der Waals surface area (Å²) < 4.78 is 0. The Bertz CT molecular complexity index is 628. The lowest BCUT2D eigenvalue weighted by Gasteiger charge is -2.40. The second-order valence-corrected chi connectivity index (χ2v) is 8.45. The van der Waals surface area contributed by atoms with E-state index < -0.39 is 0 Å². The van der Waals surface area contributed by atoms with Crippen LogP contribution in [0.15, 0.2) is 29.3 Å². The fourth-order valence-electron chi connectivity index (χ4n) is 3.97. The molecule has 1 aromatic rings. The Kier molecular flexibility index (Phi) is 12.7. The number of anilines is 1. The predicted octanol–water partition coefficient (Wildman–Crippen LogP) is 2.88. The highest BCUT2D eigenvalue weighted by molar-refractivity contribution is 14.0. The Morgan fingerprint density at radius 1 is 1.17 bits per heavy atom. The summed E-state index contributed by atoms with van der Waals surface area (Å²) in [6.45, 7) is 17.3. The molecule has 1 unspecified atom stereocenters. The van der Waals surface area contributed by atoms with Gasteiger partial charge < -0.3 is 20.4 Å². The van der Waals surface area contributed by atoms with Crippen molar-refractivity contribution in [3.63, 3.8) is 0 Å². The molecule has 1 atom stereocenters. The van der Waals surface area contributed by atoms with E-state index in [1.54, 1.807) is 0 Å². The Labute approximate surface area is 201 Å². The van der Waals surface area contributed by atoms with Crippen molar-refractivity contribution in [2.45, 2.75) is 33.7 Å². The monoisotopic (exact) mass is 530 g/mol. The van der Waals surface area contributed by atoms with Crippen LogP contribution in [0.5, 0.6) is 0 Å². The fraction of sp³-hybridized carbons (Fsp3) is 0.696. The summed E-state index contributed by atoms with van der Waals surface area (Å²) in [5, 5.41) is 7.06. The van der Waals surface area contributed by atoms with Gasteiger partial charge in [0.05, 0.1) is 0 Å². The van der Waals surface area contributed by atoms with E-state index in [2.05, 4.69) is 89.3 Å². The van der Waals surface area contributed by atoms with Crippen molar-refractivity contribution in [2.24, 2.45) is 10.9 Å². The van der Waals surface area contributed by atoms with E-state index >= 15 is 0 Å². The van der Waals surface area contributed by atoms with E-state index in [4.69, 9.17) is 0 Å². The van der Waals surface area contributed by atoms with Crippen LogP contribution in [0.1, 0.15) is 26.3 Å². The van der Waals surface area contributed by atoms with Crippen molar-refractivity contribution in [2.75, 3.05) is 71.4 Å². The highest BCUT2D eigenvalue weighted by Gasteiger charge is 2.25. The zero-order valence-corrected chi connectivity index (χ0v) is 22.1. The van der Waals surface area contributed by atoms with Crippen molar-refractivity contribution in [3.8, 4) is 0 Å². The van der Waals surface area contributed by atoms with E-state index in [0.717, 1.165) is 58.3 Å². The highest BCUT2D eigenvalue weighted by Crippen LogP contribution is 2.15. The van der Waals surface area contributed by atoms with Crippen molar-refractivity contribution < 1.29 is 0 Å². The van der Waals surface area contributed by atoms with Crippen molar-refractivity contribution >= 4 is 35.6 Å². The van der Waals surface area contributed by atoms with Crippen LogP contribution in [0.2, 0.25) is 0 Å². The molecule has 2 rings (SSSR count). The number of hydrogen-bond acceptors (Lipinski definition) is 4. The van der Waals surface area contributed by atoms with Gasteiger partial charge in [0.15, 0.2) is 5.96 Å². The van der Waals surface area contributed by atoms with Gasteiger partial charge in [0, 0.05) is 71.1 Å². The standard InChI is InChI=1S/C23H42N6.HI/c1-7-28(21-10-8-9-20(4)17-21)12-11-25-23(24-5)26-18-22(19(2)3)29-15-13-27(6)14-16-29;/h8-10,17,19,22H,7,11-16,18H2,1-6H3,(H2,24,25,26);1H. The molecule has 1 aliphatic rings. The minimum absolute atomic E-state index is 0. The number of guanidine groups is 1. The maximum Gasteiger partial charge on any atom is 0.191 e. The van der Waals surface area contributed by atoms with Crippen molar-refractivity contribution in [1.82, 2.24) is 20.4 Å². The molecule has 0 saturated carbocycles. The molecule has 1 heterocycles. The van der Waals surface area contributed by atoms with E-state index in [0.29, 0.717) is 12.0 Å². The quantitative estimate of drug-likeness (QED) is 0.292. The van der Waals surface area contributed by atoms with Gasteiger partial charge in [0.2, 0.25) is 0 Å². The SMILES string of the molecule is CCN(CCNC(=NC)NCC(C(C)C)N1CCN(C)CC1)c1cccc(C)c1.I. The van der Waals surface area contributed by atoms with E-state index in [-0.39, 0.29) is 24.0 Å². The second kappa shape index (κ2) is 14.1. The van der Waals surface area contributed by atoms with Crippen LogP contribution < -0.4 is 15.5 Å². The van der Waals surface area contributed by atoms with Crippen LogP contribution in [0, 0.1) is 12.8 Å². The van der Waals surface area contributed by atoms with Crippen LogP contribution in [0.4, 0.5) is 5.69 Å². The number of aliphatic imine (C=N–C) groups is 1. The summed E-state index contributed by atoms with van der Waals surface area (Å²) >= 11 is 0. The largest absolute Gasteiger partial charge is 0.370 e. The van der Waals surface area contributed by atoms with Gasteiger partial charge in [-0.25, -0.2) is 0 Å². The molecule has 0 amide bonds. The summed E-state index contributed by atoms with van der Waals surface area (Å²) in [5.74, 6) is 1.51. The Balaban J connectivity index is 0.00000450. The molecule has 0 radical (unpaired) electrons. The summed E-state index contributed by atoms with van der Waals surface area (Å²) in [4.78, 5) is 11.9. The lowest BCUT2D eigenvalue weighted by Crippen LogP contribution is -2.55. The zero-order valence-electron chi connectivity index (χ0n) is 19.8. The summed E-state index contributed by atoms with van der Waals surface area (Å²) in [5.41, 5.74) is 2.59. The maximum atomic E-state index is 4.44. The molecule has 0 spiro atoms. The third kappa shape index (κ3) is 8.59. The van der Waals surface area contributed by atoms with Crippen molar-refractivity contribution in [1.29, 1.82) is 0 Å². The average molecular weight is 531 g/mol. The first-order chi connectivity index (χ1) is 13.9. The smallest absolute Gasteiger partial charge is 0.191 e. The molecule has 172 valence electrons. The molecule has 1 saturated heterocycles. The van der Waals surface area contributed by atoms with E-state index in [9.17, 15) is 0 Å². The molecule has 7 heteroatoms. The van der Waals surface area contributed by atoms with Crippen LogP contribution >= 0.6 is 24.0 Å². The molecule has 0 aromatic heterocycles. The average Bonchev–Trinajstić information content (AvgIpc) is 2.70. The van der Waals surface area contributed by atoms with Gasteiger partial charge in [0.1, 0.15) is 0 Å². The third-order valence-corrected chi connectivity index (χ3v) is 5.90. The molecule has 1 aliphatic heterocycles. The number of hydrogen-bond donors (Lipinski definition) is 2. The van der Waals surface area contributed by atoms with Crippen LogP contribution in [-0.2, 0) is 0 Å². The maximum absolute atomic E-state index is 4.44. The van der Waals surface area contributed by atoms with Gasteiger partial charge in [-0.2, -0.15) is 0 Å². The topological polar surface area (TPSA) is 46.1 Å². The molecule has 0 bridgehead atoms. The lowest BCUT2D eigenvalue weighted by molar-refractivity contribution is 0.0900. The number of halogens is 1. The molecule has 30 heavy (non-hydrogen) atoms. The lowest BCUT2D eigenvalue weighted by atomic mass is 10.0. The predicted molar refractivity (Wildman–Crippen MR) is 142 cm³/mol. The molecule has 0 aliphatic carbocycles. The number of rotatable bonds is 9. The highest BCUT2D eigenvalue weighted by atomic mass is 127. The Morgan fingerprint density at radius 2 is 1.87 bits per heavy atom. The van der Waals surface area contributed by atoms with Gasteiger partial charge in [-0.1, -0.05) is 26.0 Å². The number of piperazine rings is 1. The number of nitrogens with one attached hydrogen (secondary N) is 2. The van der Waals surface area contributed by atoms with Gasteiger partial charge in [-0.3, -0.25) is 9.89 Å². The second-order valence-electron chi connectivity index (χ2n) is 8.45. The fourth-order valence-corrected chi connectivity index (χ4v) is 3.97. The number of benzene rings is 1. The van der Waals surface area contributed by atoms with E-state index in [1.807, 2.05) is 7.05 Å². The number of likely N-dealkylation sites (N-methyl/N-ethyl adjacent to an activating group) is 2. The van der Waals surface area contributed by atoms with Crippen LogP contribution in [0.3, 0.4) is 0 Å². The Morgan fingerprint density at radius 3 is 2.43 bits per heavy atom. The number of nitrogens with zero attached hydrogens (tertiary/aromatic N) is 4. The van der Waals surface area contributed by atoms with Gasteiger partial charge in [-0.05, 0) is 44.5 Å². The Hall–Kier alpha value is -1.06. The molecule has 1 fully saturated rings. The molecule has 6 nitrogen and oxygen atoms in total. The van der Waals surface area contributed by atoms with Gasteiger partial charge in [-0.15, -0.1) is 24.0 Å². The molecular weight excluding hydrogens is 487 g/mol. The van der Waals surface area contributed by atoms with Gasteiger partial charge >= 0.3 is 0 Å². The van der Waals surface area contributed by atoms with Crippen LogP contribution in [0.25, 0.3) is 0 Å². The first-order valence-corrected chi connectivity index (χ1v) is 11.1. The van der Waals surface area contributed by atoms with E-state index in [1.165, 1.54) is 11.3 Å². The molecule has 2 N–H and O–H groups in total. The first kappa shape index (κ1) is 27.0. The minimum atomic E-state index is 0. The summed E-state index contributed by atoms with van der Waals surface area (Å²) in [6, 6.07) is 9.24. The zero-order chi connectivity index (χ0) is 21.2. The molecule has 1 aromatic carbocycles. The normalized spacial score (nSPS) is 16.8. The number of aryl methyl sites for hydroxylation is 1. The van der Waals surface area contributed by atoms with Gasteiger partial charge in [0.25, 0.3) is 0 Å². The minimum Gasteiger partial charge on any atom is -0.370 e. The summed E-state index contributed by atoms with van der Waals surface area (Å²) in [7, 11) is 4.07. The third-order valence-electron chi connectivity index (χ3n) is 5.90.